The minimum atomic E-state index is 0.716. The molecule has 1 unspecified atom stereocenters. The topological polar surface area (TPSA) is 15.3 Å². The van der Waals surface area contributed by atoms with Crippen molar-refractivity contribution in [3.63, 3.8) is 0 Å². The summed E-state index contributed by atoms with van der Waals surface area (Å²) in [6, 6.07) is 1.60. The van der Waals surface area contributed by atoms with E-state index in [9.17, 15) is 0 Å². The molecule has 2 nitrogen and oxygen atoms in total. The van der Waals surface area contributed by atoms with Gasteiger partial charge in [0.15, 0.2) is 0 Å². The summed E-state index contributed by atoms with van der Waals surface area (Å²) < 4.78 is 0. The third-order valence-electron chi connectivity index (χ3n) is 3.75. The highest BCUT2D eigenvalue weighted by atomic mass is 32.2. The van der Waals surface area contributed by atoms with E-state index in [1.54, 1.807) is 0 Å². The number of thioether (sulfide) groups is 1. The molecule has 3 heteroatoms. The van der Waals surface area contributed by atoms with Crippen LogP contribution in [0, 0.1) is 5.92 Å². The van der Waals surface area contributed by atoms with Gasteiger partial charge in [-0.15, -0.1) is 0 Å². The highest BCUT2D eigenvalue weighted by molar-refractivity contribution is 7.99. The molecule has 15 heavy (non-hydrogen) atoms. The molecular weight excluding hydrogens is 204 g/mol. The fourth-order valence-electron chi connectivity index (χ4n) is 2.63. The van der Waals surface area contributed by atoms with Crippen molar-refractivity contribution in [3.8, 4) is 0 Å². The molecule has 0 aromatic carbocycles. The molecular formula is C12H24N2S. The molecule has 0 aliphatic carbocycles. The summed E-state index contributed by atoms with van der Waals surface area (Å²) in [5, 5.41) is 3.64. The Morgan fingerprint density at radius 1 is 1.27 bits per heavy atom. The van der Waals surface area contributed by atoms with Crippen molar-refractivity contribution in [2.45, 2.75) is 38.8 Å². The molecule has 2 rings (SSSR count). The van der Waals surface area contributed by atoms with Crippen molar-refractivity contribution in [2.24, 2.45) is 5.92 Å². The Labute approximate surface area is 98.2 Å². The molecule has 0 bridgehead atoms. The first kappa shape index (κ1) is 11.7. The van der Waals surface area contributed by atoms with Gasteiger partial charge in [0.25, 0.3) is 0 Å². The van der Waals surface area contributed by atoms with Crippen LogP contribution in [0.4, 0.5) is 0 Å². The number of hydrogen-bond donors (Lipinski definition) is 1. The van der Waals surface area contributed by atoms with Crippen molar-refractivity contribution in [1.29, 1.82) is 0 Å². The molecule has 0 aromatic heterocycles. The summed E-state index contributed by atoms with van der Waals surface area (Å²) in [6.07, 6.45) is 2.82. The van der Waals surface area contributed by atoms with E-state index >= 15 is 0 Å². The number of nitrogens with one attached hydrogen (secondary N) is 1. The molecule has 0 amide bonds. The van der Waals surface area contributed by atoms with Gasteiger partial charge in [0.1, 0.15) is 0 Å². The van der Waals surface area contributed by atoms with E-state index < -0.39 is 0 Å². The molecule has 0 radical (unpaired) electrons. The number of piperazine rings is 1. The van der Waals surface area contributed by atoms with Crippen molar-refractivity contribution in [3.05, 3.63) is 0 Å². The van der Waals surface area contributed by atoms with E-state index in [0.717, 1.165) is 12.0 Å². The van der Waals surface area contributed by atoms with Crippen LogP contribution >= 0.6 is 11.8 Å². The second-order valence-electron chi connectivity index (χ2n) is 5.14. The summed E-state index contributed by atoms with van der Waals surface area (Å²) in [7, 11) is 0. The molecule has 2 aliphatic rings. The van der Waals surface area contributed by atoms with Crippen LogP contribution < -0.4 is 5.32 Å². The Morgan fingerprint density at radius 2 is 2.00 bits per heavy atom. The van der Waals surface area contributed by atoms with Crippen LogP contribution in [0.5, 0.6) is 0 Å². The third-order valence-corrected chi connectivity index (χ3v) is 4.80. The Morgan fingerprint density at radius 3 is 2.67 bits per heavy atom. The van der Waals surface area contributed by atoms with Gasteiger partial charge in [0, 0.05) is 31.7 Å². The van der Waals surface area contributed by atoms with E-state index in [4.69, 9.17) is 0 Å². The lowest BCUT2D eigenvalue weighted by Gasteiger charge is -2.41. The largest absolute Gasteiger partial charge is 0.311 e. The standard InChI is InChI=1S/C12H24N2S/c1-10(2)12-9-14(6-5-13-12)11-3-7-15-8-4-11/h10-13H,3-9H2,1-2H3. The van der Waals surface area contributed by atoms with Crippen molar-refractivity contribution < 1.29 is 0 Å². The molecule has 2 heterocycles. The van der Waals surface area contributed by atoms with Gasteiger partial charge in [-0.2, -0.15) is 11.8 Å². The maximum atomic E-state index is 3.64. The highest BCUT2D eigenvalue weighted by Crippen LogP contribution is 2.23. The van der Waals surface area contributed by atoms with Crippen LogP contribution in [-0.2, 0) is 0 Å². The van der Waals surface area contributed by atoms with Crippen molar-refractivity contribution >= 4 is 11.8 Å². The lowest BCUT2D eigenvalue weighted by molar-refractivity contribution is 0.120. The maximum Gasteiger partial charge on any atom is 0.0218 e. The quantitative estimate of drug-likeness (QED) is 0.776. The van der Waals surface area contributed by atoms with Gasteiger partial charge in [-0.05, 0) is 30.3 Å². The van der Waals surface area contributed by atoms with Gasteiger partial charge in [0.2, 0.25) is 0 Å². The molecule has 2 aliphatic heterocycles. The summed E-state index contributed by atoms with van der Waals surface area (Å²) >= 11 is 2.13. The van der Waals surface area contributed by atoms with Gasteiger partial charge < -0.3 is 5.32 Å². The van der Waals surface area contributed by atoms with Gasteiger partial charge in [-0.3, -0.25) is 4.90 Å². The predicted octanol–water partition coefficient (Wildman–Crippen LogP) is 1.81. The minimum Gasteiger partial charge on any atom is -0.311 e. The Kier molecular flexibility index (Phi) is 4.35. The van der Waals surface area contributed by atoms with Crippen molar-refractivity contribution in [1.82, 2.24) is 10.2 Å². The van der Waals surface area contributed by atoms with Gasteiger partial charge in [0.05, 0.1) is 0 Å². The summed E-state index contributed by atoms with van der Waals surface area (Å²) in [5.41, 5.74) is 0. The van der Waals surface area contributed by atoms with E-state index in [2.05, 4.69) is 35.8 Å². The molecule has 1 N–H and O–H groups in total. The summed E-state index contributed by atoms with van der Waals surface area (Å²) in [6.45, 7) is 8.38. The molecule has 0 saturated carbocycles. The maximum absolute atomic E-state index is 3.64. The monoisotopic (exact) mass is 228 g/mol. The van der Waals surface area contributed by atoms with Crippen LogP contribution in [0.3, 0.4) is 0 Å². The van der Waals surface area contributed by atoms with Crippen LogP contribution in [0.2, 0.25) is 0 Å². The zero-order valence-electron chi connectivity index (χ0n) is 10.0. The average molecular weight is 228 g/mol. The Hall–Kier alpha value is 0.270. The van der Waals surface area contributed by atoms with Crippen LogP contribution in [0.15, 0.2) is 0 Å². The van der Waals surface area contributed by atoms with Gasteiger partial charge in [-0.25, -0.2) is 0 Å². The molecule has 88 valence electrons. The van der Waals surface area contributed by atoms with E-state index in [1.807, 2.05) is 0 Å². The lowest BCUT2D eigenvalue weighted by Crippen LogP contribution is -2.56. The first-order valence-electron chi connectivity index (χ1n) is 6.32. The van der Waals surface area contributed by atoms with Crippen LogP contribution in [-0.4, -0.2) is 48.1 Å². The molecule has 2 saturated heterocycles. The molecule has 0 spiro atoms. The first-order valence-corrected chi connectivity index (χ1v) is 7.48. The SMILES string of the molecule is CC(C)C1CN(C2CCSCC2)CCN1. The summed E-state index contributed by atoms with van der Waals surface area (Å²) in [4.78, 5) is 2.74. The van der Waals surface area contributed by atoms with Crippen LogP contribution in [0.25, 0.3) is 0 Å². The molecule has 1 atom stereocenters. The zero-order chi connectivity index (χ0) is 10.7. The highest BCUT2D eigenvalue weighted by Gasteiger charge is 2.27. The summed E-state index contributed by atoms with van der Waals surface area (Å²) in [5.74, 6) is 3.52. The molecule has 0 aromatic rings. The first-order chi connectivity index (χ1) is 7.27. The van der Waals surface area contributed by atoms with E-state index in [1.165, 1.54) is 44.0 Å². The molecule has 2 fully saturated rings. The predicted molar refractivity (Wildman–Crippen MR) is 68.5 cm³/mol. The fourth-order valence-corrected chi connectivity index (χ4v) is 3.71. The minimum absolute atomic E-state index is 0.716. The van der Waals surface area contributed by atoms with Gasteiger partial charge >= 0.3 is 0 Å². The fraction of sp³-hybridized carbons (Fsp3) is 1.00. The number of hydrogen-bond acceptors (Lipinski definition) is 3. The zero-order valence-corrected chi connectivity index (χ0v) is 10.9. The second kappa shape index (κ2) is 5.55. The number of nitrogens with zero attached hydrogens (tertiary/aromatic N) is 1. The second-order valence-corrected chi connectivity index (χ2v) is 6.37. The Balaban J connectivity index is 1.85. The lowest BCUT2D eigenvalue weighted by atomic mass is 9.99. The van der Waals surface area contributed by atoms with E-state index in [-0.39, 0.29) is 0 Å². The van der Waals surface area contributed by atoms with E-state index in [0.29, 0.717) is 6.04 Å². The Bertz CT molecular complexity index is 190. The average Bonchev–Trinajstić information content (AvgIpc) is 2.30. The normalized spacial score (nSPS) is 31.0. The van der Waals surface area contributed by atoms with Gasteiger partial charge in [-0.1, -0.05) is 13.8 Å². The third kappa shape index (κ3) is 3.11. The number of rotatable bonds is 2. The van der Waals surface area contributed by atoms with Crippen molar-refractivity contribution in [2.75, 3.05) is 31.1 Å². The smallest absolute Gasteiger partial charge is 0.0218 e. The van der Waals surface area contributed by atoms with Crippen LogP contribution in [0.1, 0.15) is 26.7 Å².